The van der Waals surface area contributed by atoms with E-state index >= 15 is 0 Å². The van der Waals surface area contributed by atoms with Gasteiger partial charge in [-0.1, -0.05) is 30.3 Å². The van der Waals surface area contributed by atoms with E-state index in [2.05, 4.69) is 25.7 Å². The summed E-state index contributed by atoms with van der Waals surface area (Å²) in [5, 5.41) is 9.77. The number of hydrogen-bond donors (Lipinski definition) is 3. The molecule has 0 saturated carbocycles. The summed E-state index contributed by atoms with van der Waals surface area (Å²) < 4.78 is 3.48. The topological polar surface area (TPSA) is 110 Å². The van der Waals surface area contributed by atoms with Crippen molar-refractivity contribution in [2.45, 2.75) is 20.4 Å². The lowest BCUT2D eigenvalue weighted by molar-refractivity contribution is 0.252. The highest BCUT2D eigenvalue weighted by Gasteiger charge is 2.15. The summed E-state index contributed by atoms with van der Waals surface area (Å²) in [6.07, 6.45) is 3.52. The van der Waals surface area contributed by atoms with Gasteiger partial charge in [0.05, 0.1) is 23.3 Å². The Morgan fingerprint density at radius 1 is 1.06 bits per heavy atom. The van der Waals surface area contributed by atoms with Crippen LogP contribution in [-0.4, -0.2) is 36.9 Å². The fourth-order valence-electron chi connectivity index (χ4n) is 4.09. The minimum absolute atomic E-state index is 0.0785. The number of urea groups is 1. The quantitative estimate of drug-likeness (QED) is 0.350. The molecule has 2 amide bonds. The number of nitrogens with one attached hydrogen (secondary N) is 3. The van der Waals surface area contributed by atoms with Crippen LogP contribution in [0.15, 0.2) is 77.9 Å². The molecule has 0 unspecified atom stereocenters. The molecule has 5 rings (SSSR count). The number of anilines is 1. The van der Waals surface area contributed by atoms with E-state index in [1.165, 1.54) is 0 Å². The van der Waals surface area contributed by atoms with Crippen molar-refractivity contribution < 1.29 is 4.79 Å². The molecule has 0 radical (unpaired) electrons. The van der Waals surface area contributed by atoms with Crippen LogP contribution in [0, 0.1) is 6.92 Å². The highest BCUT2D eigenvalue weighted by atomic mass is 16.2. The van der Waals surface area contributed by atoms with E-state index in [4.69, 9.17) is 0 Å². The average molecular weight is 468 g/mol. The molecule has 3 N–H and O–H groups in total. The zero-order chi connectivity index (χ0) is 24.4. The van der Waals surface area contributed by atoms with Crippen molar-refractivity contribution in [3.8, 4) is 16.8 Å². The van der Waals surface area contributed by atoms with Crippen molar-refractivity contribution >= 4 is 23.0 Å². The Labute approximate surface area is 201 Å². The molecule has 3 heterocycles. The summed E-state index contributed by atoms with van der Waals surface area (Å²) in [5.74, 6) is 0.325. The third-order valence-corrected chi connectivity index (χ3v) is 5.74. The predicted octanol–water partition coefficient (Wildman–Crippen LogP) is 4.08. The summed E-state index contributed by atoms with van der Waals surface area (Å²) in [7, 11) is 0. The standard InChI is InChI=1S/C26H25N7O2/c1-3-27-26(35)31-25-29-21-13-20(14-22(24(21)30-25)33-11-7-10-28-33)19-12-17(2)32(23(34)15-19)16-18-8-5-4-6-9-18/h4-15H,3,16H2,1-2H3,(H3,27,29,30,31,35). The van der Waals surface area contributed by atoms with Crippen molar-refractivity contribution in [1.29, 1.82) is 0 Å². The highest BCUT2D eigenvalue weighted by molar-refractivity contribution is 5.94. The molecule has 0 spiro atoms. The predicted molar refractivity (Wildman–Crippen MR) is 136 cm³/mol. The second kappa shape index (κ2) is 9.30. The molecule has 0 bridgehead atoms. The lowest BCUT2D eigenvalue weighted by atomic mass is 10.0. The van der Waals surface area contributed by atoms with Crippen LogP contribution in [0.25, 0.3) is 27.8 Å². The molecule has 2 aromatic carbocycles. The Morgan fingerprint density at radius 2 is 1.86 bits per heavy atom. The van der Waals surface area contributed by atoms with Gasteiger partial charge < -0.3 is 14.9 Å². The molecular formula is C26H25N7O2. The molecule has 5 aromatic rings. The summed E-state index contributed by atoms with van der Waals surface area (Å²) in [5.41, 5.74) is 5.58. The van der Waals surface area contributed by atoms with Gasteiger partial charge in [0.15, 0.2) is 0 Å². The van der Waals surface area contributed by atoms with Crippen LogP contribution in [0.3, 0.4) is 0 Å². The van der Waals surface area contributed by atoms with Gasteiger partial charge in [0, 0.05) is 30.7 Å². The van der Waals surface area contributed by atoms with Gasteiger partial charge in [-0.05, 0) is 54.8 Å². The number of pyridine rings is 1. The molecule has 9 heteroatoms. The van der Waals surface area contributed by atoms with Crippen LogP contribution < -0.4 is 16.2 Å². The number of benzene rings is 2. The minimum Gasteiger partial charge on any atom is -0.338 e. The number of imidazole rings is 1. The highest BCUT2D eigenvalue weighted by Crippen LogP contribution is 2.29. The maximum Gasteiger partial charge on any atom is 0.321 e. The summed E-state index contributed by atoms with van der Waals surface area (Å²) >= 11 is 0. The van der Waals surface area contributed by atoms with E-state index < -0.39 is 0 Å². The molecular weight excluding hydrogens is 442 g/mol. The molecule has 0 saturated heterocycles. The third kappa shape index (κ3) is 4.56. The first-order valence-corrected chi connectivity index (χ1v) is 11.4. The molecule has 0 aliphatic carbocycles. The molecule has 35 heavy (non-hydrogen) atoms. The van der Waals surface area contributed by atoms with E-state index in [1.54, 1.807) is 21.5 Å². The summed E-state index contributed by atoms with van der Waals surface area (Å²) in [6.45, 7) is 4.79. The number of H-pyrrole nitrogens is 1. The zero-order valence-corrected chi connectivity index (χ0v) is 19.4. The first-order valence-electron chi connectivity index (χ1n) is 11.4. The average Bonchev–Trinajstić information content (AvgIpc) is 3.51. The van der Waals surface area contributed by atoms with Crippen LogP contribution in [0.1, 0.15) is 18.2 Å². The molecule has 176 valence electrons. The Kier molecular flexibility index (Phi) is 5.88. The first kappa shape index (κ1) is 22.1. The van der Waals surface area contributed by atoms with Gasteiger partial charge >= 0.3 is 6.03 Å². The van der Waals surface area contributed by atoms with Crippen LogP contribution in [0.4, 0.5) is 10.7 Å². The number of aromatic nitrogens is 5. The van der Waals surface area contributed by atoms with Crippen molar-refractivity contribution in [2.24, 2.45) is 0 Å². The fourth-order valence-corrected chi connectivity index (χ4v) is 4.09. The van der Waals surface area contributed by atoms with Gasteiger partial charge in [-0.25, -0.2) is 14.5 Å². The van der Waals surface area contributed by atoms with Crippen LogP contribution >= 0.6 is 0 Å². The second-order valence-corrected chi connectivity index (χ2v) is 8.21. The second-order valence-electron chi connectivity index (χ2n) is 8.21. The van der Waals surface area contributed by atoms with Crippen LogP contribution in [-0.2, 0) is 6.54 Å². The van der Waals surface area contributed by atoms with E-state index in [9.17, 15) is 9.59 Å². The van der Waals surface area contributed by atoms with Gasteiger partial charge in [-0.3, -0.25) is 10.1 Å². The van der Waals surface area contributed by atoms with E-state index in [-0.39, 0.29) is 11.6 Å². The van der Waals surface area contributed by atoms with Crippen molar-refractivity contribution in [2.75, 3.05) is 11.9 Å². The lowest BCUT2D eigenvalue weighted by Crippen LogP contribution is -2.28. The van der Waals surface area contributed by atoms with Crippen LogP contribution in [0.2, 0.25) is 0 Å². The Bertz CT molecular complexity index is 1550. The number of rotatable bonds is 6. The molecule has 9 nitrogen and oxygen atoms in total. The molecule has 0 atom stereocenters. The Balaban J connectivity index is 1.58. The Hall–Kier alpha value is -4.66. The normalized spacial score (nSPS) is 11.0. The van der Waals surface area contributed by atoms with E-state index in [0.717, 1.165) is 33.6 Å². The van der Waals surface area contributed by atoms with Gasteiger partial charge in [0.25, 0.3) is 5.56 Å². The number of carbonyl (C=O) groups is 1. The van der Waals surface area contributed by atoms with E-state index in [0.29, 0.717) is 24.6 Å². The summed E-state index contributed by atoms with van der Waals surface area (Å²) in [4.78, 5) is 32.8. The largest absolute Gasteiger partial charge is 0.338 e. The van der Waals surface area contributed by atoms with Crippen molar-refractivity contribution in [3.63, 3.8) is 0 Å². The van der Waals surface area contributed by atoms with Crippen molar-refractivity contribution in [3.05, 3.63) is 94.7 Å². The minimum atomic E-state index is -0.343. The third-order valence-electron chi connectivity index (χ3n) is 5.74. The first-order chi connectivity index (χ1) is 17.0. The molecule has 0 aliphatic heterocycles. The smallest absolute Gasteiger partial charge is 0.321 e. The van der Waals surface area contributed by atoms with Gasteiger partial charge in [-0.2, -0.15) is 5.10 Å². The van der Waals surface area contributed by atoms with Gasteiger partial charge in [0.1, 0.15) is 0 Å². The number of amides is 2. The lowest BCUT2D eigenvalue weighted by Gasteiger charge is -2.13. The van der Waals surface area contributed by atoms with Gasteiger partial charge in [0.2, 0.25) is 5.95 Å². The SMILES string of the molecule is CCNC(=O)Nc1nc2cc(-c3cc(C)n(Cc4ccccc4)c(=O)c3)cc(-n3cccn3)c2[nH]1. The maximum atomic E-state index is 13.1. The number of hydrogen-bond acceptors (Lipinski definition) is 4. The van der Waals surface area contributed by atoms with E-state index in [1.807, 2.05) is 74.6 Å². The van der Waals surface area contributed by atoms with Crippen LogP contribution in [0.5, 0.6) is 0 Å². The van der Waals surface area contributed by atoms with Crippen molar-refractivity contribution in [1.82, 2.24) is 29.6 Å². The number of nitrogens with zero attached hydrogens (tertiary/aromatic N) is 4. The number of aromatic amines is 1. The molecule has 3 aromatic heterocycles. The Morgan fingerprint density at radius 3 is 2.57 bits per heavy atom. The summed E-state index contributed by atoms with van der Waals surface area (Å²) in [6, 6.07) is 18.9. The number of fused-ring (bicyclic) bond motifs is 1. The number of carbonyl (C=O) groups excluding carboxylic acids is 1. The fraction of sp³-hybridized carbons (Fsp3) is 0.154. The molecule has 0 fully saturated rings. The molecule has 0 aliphatic rings. The zero-order valence-electron chi connectivity index (χ0n) is 19.4. The number of aryl methyl sites for hydroxylation is 1. The maximum absolute atomic E-state index is 13.1. The monoisotopic (exact) mass is 467 g/mol. The van der Waals surface area contributed by atoms with Gasteiger partial charge in [-0.15, -0.1) is 0 Å².